The molecule has 0 aromatic heterocycles. The topological polar surface area (TPSA) is 111 Å². The zero-order valence-electron chi connectivity index (χ0n) is 24.6. The average Bonchev–Trinajstić information content (AvgIpc) is 3.39. The number of fused-ring (bicyclic) bond motifs is 1. The Hall–Kier alpha value is -3.72. The Morgan fingerprint density at radius 3 is 2.27 bits per heavy atom. The number of carbonyl (C=O) groups is 4. The predicted molar refractivity (Wildman–Crippen MR) is 158 cm³/mol. The quantitative estimate of drug-likeness (QED) is 0.436. The maximum atomic E-state index is 14.0. The zero-order valence-corrected chi connectivity index (χ0v) is 24.6. The van der Waals surface area contributed by atoms with E-state index in [1.165, 1.54) is 0 Å². The fraction of sp³-hybridized carbons (Fsp3) is 0.500. The molecule has 4 rings (SSSR count). The van der Waals surface area contributed by atoms with E-state index in [0.717, 1.165) is 16.7 Å². The smallest absolute Gasteiger partial charge is 0.247 e. The molecule has 2 aliphatic heterocycles. The van der Waals surface area contributed by atoms with Gasteiger partial charge in [-0.05, 0) is 55.8 Å². The van der Waals surface area contributed by atoms with Crippen LogP contribution in [-0.2, 0) is 25.7 Å². The molecule has 4 amide bonds. The minimum atomic E-state index is -0.920. The van der Waals surface area contributed by atoms with Crippen LogP contribution in [0.3, 0.4) is 0 Å². The third-order valence-corrected chi connectivity index (χ3v) is 8.10. The molecule has 2 aliphatic rings. The third kappa shape index (κ3) is 7.52. The Bertz CT molecular complexity index is 1220. The van der Waals surface area contributed by atoms with Crippen molar-refractivity contribution >= 4 is 23.6 Å². The summed E-state index contributed by atoms with van der Waals surface area (Å²) < 4.78 is 0. The number of nitrogens with zero attached hydrogens (tertiary/aromatic N) is 2. The molecule has 4 atom stereocenters. The summed E-state index contributed by atoms with van der Waals surface area (Å²) in [7, 11) is 1.68. The van der Waals surface area contributed by atoms with Gasteiger partial charge >= 0.3 is 0 Å². The van der Waals surface area contributed by atoms with Crippen LogP contribution >= 0.6 is 0 Å². The van der Waals surface area contributed by atoms with Gasteiger partial charge in [0.25, 0.3) is 0 Å². The van der Waals surface area contributed by atoms with E-state index in [4.69, 9.17) is 0 Å². The van der Waals surface area contributed by atoms with Gasteiger partial charge < -0.3 is 25.8 Å². The number of benzene rings is 2. The standard InChI is InChI=1S/C32H43N5O4/c1-21(2)18-29(38)36-17-16-26-14-15-28(37(26)32(41)27(20-36)35-30(39)22(3)33-4)31(40)34-19-23-10-12-25(13-11-23)24-8-6-5-7-9-24/h5-13,21-22,26-28,33H,14-20H2,1-4H3,(H,34,40)(H,35,39)/t22-,26+,27-,28-/m0/s1. The highest BCUT2D eigenvalue weighted by Gasteiger charge is 2.45. The van der Waals surface area contributed by atoms with Crippen molar-refractivity contribution in [3.05, 3.63) is 60.2 Å². The summed E-state index contributed by atoms with van der Waals surface area (Å²) in [5.41, 5.74) is 3.20. The molecule has 0 radical (unpaired) electrons. The van der Waals surface area contributed by atoms with Gasteiger partial charge in [0.05, 0.1) is 6.04 Å². The van der Waals surface area contributed by atoms with Crippen molar-refractivity contribution in [1.82, 2.24) is 25.8 Å². The van der Waals surface area contributed by atoms with Crippen molar-refractivity contribution in [2.75, 3.05) is 20.1 Å². The van der Waals surface area contributed by atoms with Gasteiger partial charge in [0, 0.05) is 32.1 Å². The van der Waals surface area contributed by atoms with E-state index in [2.05, 4.69) is 28.1 Å². The molecule has 0 saturated carbocycles. The normalized spacial score (nSPS) is 21.6. The number of likely N-dealkylation sites (N-methyl/N-ethyl adjacent to an activating group) is 1. The highest BCUT2D eigenvalue weighted by Crippen LogP contribution is 2.30. The lowest BCUT2D eigenvalue weighted by Crippen LogP contribution is -2.62. The largest absolute Gasteiger partial charge is 0.350 e. The third-order valence-electron chi connectivity index (χ3n) is 8.10. The van der Waals surface area contributed by atoms with Gasteiger partial charge in [-0.25, -0.2) is 0 Å². The van der Waals surface area contributed by atoms with Gasteiger partial charge in [-0.3, -0.25) is 19.2 Å². The molecule has 2 fully saturated rings. The number of nitrogens with one attached hydrogen (secondary N) is 3. The van der Waals surface area contributed by atoms with E-state index in [1.54, 1.807) is 23.8 Å². The summed E-state index contributed by atoms with van der Waals surface area (Å²) in [4.78, 5) is 56.5. The molecular weight excluding hydrogens is 518 g/mol. The van der Waals surface area contributed by atoms with Crippen LogP contribution in [0.2, 0.25) is 0 Å². The van der Waals surface area contributed by atoms with E-state index in [-0.39, 0.29) is 42.1 Å². The maximum Gasteiger partial charge on any atom is 0.247 e. The van der Waals surface area contributed by atoms with Crippen molar-refractivity contribution in [3.63, 3.8) is 0 Å². The van der Waals surface area contributed by atoms with Gasteiger partial charge in [0.15, 0.2) is 0 Å². The number of hydrogen-bond donors (Lipinski definition) is 3. The van der Waals surface area contributed by atoms with Crippen molar-refractivity contribution < 1.29 is 19.2 Å². The van der Waals surface area contributed by atoms with Gasteiger partial charge in [-0.1, -0.05) is 68.4 Å². The number of hydrogen-bond acceptors (Lipinski definition) is 5. The molecule has 9 heteroatoms. The summed E-state index contributed by atoms with van der Waals surface area (Å²) in [5, 5.41) is 8.78. The summed E-state index contributed by atoms with van der Waals surface area (Å²) in [6, 6.07) is 16.0. The van der Waals surface area contributed by atoms with Crippen LogP contribution in [0.15, 0.2) is 54.6 Å². The van der Waals surface area contributed by atoms with E-state index in [0.29, 0.717) is 38.8 Å². The lowest BCUT2D eigenvalue weighted by molar-refractivity contribution is -0.147. The predicted octanol–water partition coefficient (Wildman–Crippen LogP) is 2.70. The van der Waals surface area contributed by atoms with Crippen LogP contribution in [0.25, 0.3) is 11.1 Å². The molecule has 0 aliphatic carbocycles. The Labute approximate surface area is 243 Å². The Morgan fingerprint density at radius 2 is 1.61 bits per heavy atom. The van der Waals surface area contributed by atoms with Gasteiger partial charge in [-0.15, -0.1) is 0 Å². The lowest BCUT2D eigenvalue weighted by Gasteiger charge is -2.39. The molecular formula is C32H43N5O4. The molecule has 2 heterocycles. The first-order valence-corrected chi connectivity index (χ1v) is 14.7. The Balaban J connectivity index is 1.46. The highest BCUT2D eigenvalue weighted by molar-refractivity contribution is 5.94. The summed E-state index contributed by atoms with van der Waals surface area (Å²) in [6.07, 6.45) is 2.21. The summed E-state index contributed by atoms with van der Waals surface area (Å²) in [5.74, 6) is -0.661. The second-order valence-electron chi connectivity index (χ2n) is 11.6. The molecule has 3 N–H and O–H groups in total. The van der Waals surface area contributed by atoms with Gasteiger partial charge in [0.2, 0.25) is 23.6 Å². The van der Waals surface area contributed by atoms with E-state index < -0.39 is 18.1 Å². The maximum absolute atomic E-state index is 14.0. The van der Waals surface area contributed by atoms with Crippen molar-refractivity contribution in [3.8, 4) is 11.1 Å². The Morgan fingerprint density at radius 1 is 0.927 bits per heavy atom. The molecule has 2 saturated heterocycles. The SMILES string of the molecule is CN[C@@H](C)C(=O)N[C@H]1CN(C(=O)CC(C)C)CC[C@H]2CC[C@@H](C(=O)NCc3ccc(-c4ccccc4)cc3)N2C1=O. The zero-order chi connectivity index (χ0) is 29.5. The van der Waals surface area contributed by atoms with Crippen LogP contribution in [0, 0.1) is 5.92 Å². The van der Waals surface area contributed by atoms with Crippen molar-refractivity contribution in [2.24, 2.45) is 5.92 Å². The van der Waals surface area contributed by atoms with Crippen LogP contribution < -0.4 is 16.0 Å². The molecule has 0 spiro atoms. The van der Waals surface area contributed by atoms with Crippen molar-refractivity contribution in [1.29, 1.82) is 0 Å². The first kappa shape index (κ1) is 30.2. The minimum absolute atomic E-state index is 0.0206. The second-order valence-corrected chi connectivity index (χ2v) is 11.6. The van der Waals surface area contributed by atoms with E-state index >= 15 is 0 Å². The van der Waals surface area contributed by atoms with Gasteiger partial charge in [-0.2, -0.15) is 0 Å². The van der Waals surface area contributed by atoms with Crippen LogP contribution in [0.1, 0.15) is 52.0 Å². The van der Waals surface area contributed by atoms with E-state index in [9.17, 15) is 19.2 Å². The van der Waals surface area contributed by atoms with E-state index in [1.807, 2.05) is 56.3 Å². The number of rotatable bonds is 9. The molecule has 2 aromatic rings. The average molecular weight is 562 g/mol. The van der Waals surface area contributed by atoms with Crippen molar-refractivity contribution in [2.45, 2.75) is 77.2 Å². The van der Waals surface area contributed by atoms with Crippen LogP contribution in [0.4, 0.5) is 0 Å². The second kappa shape index (κ2) is 13.8. The van der Waals surface area contributed by atoms with Gasteiger partial charge in [0.1, 0.15) is 12.1 Å². The number of amides is 4. The highest BCUT2D eigenvalue weighted by atomic mass is 16.2. The summed E-state index contributed by atoms with van der Waals surface area (Å²) in [6.45, 7) is 6.62. The monoisotopic (exact) mass is 561 g/mol. The first-order chi connectivity index (χ1) is 19.7. The van der Waals surface area contributed by atoms with Crippen LogP contribution in [0.5, 0.6) is 0 Å². The fourth-order valence-corrected chi connectivity index (χ4v) is 5.62. The molecule has 0 unspecified atom stereocenters. The minimum Gasteiger partial charge on any atom is -0.350 e. The number of carbonyl (C=O) groups excluding carboxylic acids is 4. The molecule has 2 aromatic carbocycles. The summed E-state index contributed by atoms with van der Waals surface area (Å²) >= 11 is 0. The molecule has 0 bridgehead atoms. The fourth-order valence-electron chi connectivity index (χ4n) is 5.62. The Kier molecular flexibility index (Phi) is 10.2. The first-order valence-electron chi connectivity index (χ1n) is 14.7. The molecule has 220 valence electrons. The lowest BCUT2D eigenvalue weighted by atomic mass is 10.0. The molecule has 41 heavy (non-hydrogen) atoms. The molecule has 9 nitrogen and oxygen atoms in total. The van der Waals surface area contributed by atoms with Crippen LogP contribution in [-0.4, -0.2) is 77.7 Å².